The van der Waals surface area contributed by atoms with Crippen molar-refractivity contribution in [2.75, 3.05) is 19.3 Å². The summed E-state index contributed by atoms with van der Waals surface area (Å²) >= 11 is 11.8. The summed E-state index contributed by atoms with van der Waals surface area (Å²) in [5.74, 6) is -0.603. The number of nitrogen functional groups attached to an aromatic ring is 1. The molecule has 0 aliphatic rings. The fourth-order valence-electron chi connectivity index (χ4n) is 1.67. The van der Waals surface area contributed by atoms with Crippen molar-refractivity contribution in [3.05, 3.63) is 27.7 Å². The number of nitrogens with zero attached hydrogens (tertiary/aromatic N) is 1. The van der Waals surface area contributed by atoms with Crippen LogP contribution in [0.3, 0.4) is 0 Å². The molecule has 0 saturated heterocycles. The number of nitrogens with one attached hydrogen (secondary N) is 1. The summed E-state index contributed by atoms with van der Waals surface area (Å²) in [6, 6.07) is 2.87. The lowest BCUT2D eigenvalue weighted by Gasteiger charge is -2.23. The van der Waals surface area contributed by atoms with Gasteiger partial charge in [-0.2, -0.15) is 0 Å². The highest BCUT2D eigenvalue weighted by molar-refractivity contribution is 6.39. The van der Waals surface area contributed by atoms with Crippen LogP contribution < -0.4 is 11.1 Å². The van der Waals surface area contributed by atoms with Gasteiger partial charge >= 0.3 is 0 Å². The molecule has 0 aliphatic carbocycles. The first kappa shape index (κ1) is 17.6. The van der Waals surface area contributed by atoms with Gasteiger partial charge in [-0.25, -0.2) is 0 Å². The highest BCUT2D eigenvalue weighted by atomic mass is 35.5. The Labute approximate surface area is 134 Å². The molecule has 0 heterocycles. The molecule has 3 N–H and O–H groups in total. The fourth-order valence-corrected chi connectivity index (χ4v) is 2.16. The van der Waals surface area contributed by atoms with E-state index in [9.17, 15) is 9.59 Å². The van der Waals surface area contributed by atoms with Crippen molar-refractivity contribution >= 4 is 40.7 Å². The molecule has 1 aromatic carbocycles. The molecule has 1 rings (SSSR count). The number of rotatable bonds is 3. The molecule has 21 heavy (non-hydrogen) atoms. The van der Waals surface area contributed by atoms with Gasteiger partial charge < -0.3 is 16.0 Å². The van der Waals surface area contributed by atoms with Gasteiger partial charge in [0, 0.05) is 18.2 Å². The number of nitrogens with two attached hydrogens (primary N) is 1. The van der Waals surface area contributed by atoms with Gasteiger partial charge in [-0.15, -0.1) is 0 Å². The molecule has 116 valence electrons. The van der Waals surface area contributed by atoms with Crippen LogP contribution in [0.25, 0.3) is 0 Å². The van der Waals surface area contributed by atoms with Crippen LogP contribution in [0, 0.1) is 0 Å². The van der Waals surface area contributed by atoms with Gasteiger partial charge in [0.2, 0.25) is 5.91 Å². The minimum atomic E-state index is -0.358. The summed E-state index contributed by atoms with van der Waals surface area (Å²) in [7, 11) is 1.53. The van der Waals surface area contributed by atoms with E-state index in [2.05, 4.69) is 5.32 Å². The Balaban J connectivity index is 2.82. The Morgan fingerprint density at radius 2 is 1.71 bits per heavy atom. The van der Waals surface area contributed by atoms with E-state index < -0.39 is 0 Å². The van der Waals surface area contributed by atoms with Gasteiger partial charge in [-0.05, 0) is 32.9 Å². The second-order valence-corrected chi connectivity index (χ2v) is 6.63. The number of carbonyl (C=O) groups is 2. The first-order valence-corrected chi connectivity index (χ1v) is 7.08. The van der Waals surface area contributed by atoms with Crippen LogP contribution in [0.1, 0.15) is 31.1 Å². The number of halogens is 2. The quantitative estimate of drug-likeness (QED) is 0.836. The zero-order chi connectivity index (χ0) is 16.4. The number of amides is 2. The van der Waals surface area contributed by atoms with E-state index in [0.29, 0.717) is 0 Å². The van der Waals surface area contributed by atoms with E-state index in [1.165, 1.54) is 24.1 Å². The van der Waals surface area contributed by atoms with Crippen molar-refractivity contribution < 1.29 is 9.59 Å². The average molecular weight is 332 g/mol. The molecule has 0 aliphatic heterocycles. The number of hydrogen-bond acceptors (Lipinski definition) is 3. The maximum Gasteiger partial charge on any atom is 0.254 e. The first-order valence-electron chi connectivity index (χ1n) is 6.32. The zero-order valence-corrected chi connectivity index (χ0v) is 14.0. The summed E-state index contributed by atoms with van der Waals surface area (Å²) in [6.45, 7) is 5.54. The summed E-state index contributed by atoms with van der Waals surface area (Å²) < 4.78 is 0. The third kappa shape index (κ3) is 5.10. The molecule has 0 fully saturated rings. The van der Waals surface area contributed by atoms with E-state index in [1.54, 1.807) is 0 Å². The maximum atomic E-state index is 12.2. The van der Waals surface area contributed by atoms with Crippen molar-refractivity contribution in [1.29, 1.82) is 0 Å². The number of benzene rings is 1. The van der Waals surface area contributed by atoms with E-state index in [-0.39, 0.29) is 45.2 Å². The summed E-state index contributed by atoms with van der Waals surface area (Å²) in [5, 5.41) is 3.20. The molecule has 7 heteroatoms. The molecular formula is C14H19Cl2N3O2. The summed E-state index contributed by atoms with van der Waals surface area (Å²) in [5.41, 5.74) is 5.78. The molecular weight excluding hydrogens is 313 g/mol. The van der Waals surface area contributed by atoms with Crippen LogP contribution in [-0.2, 0) is 4.79 Å². The van der Waals surface area contributed by atoms with Crippen molar-refractivity contribution in [3.8, 4) is 0 Å². The van der Waals surface area contributed by atoms with Crippen LogP contribution in [0.4, 0.5) is 5.69 Å². The predicted octanol–water partition coefficient (Wildman–Crippen LogP) is 2.56. The highest BCUT2D eigenvalue weighted by Crippen LogP contribution is 2.29. The SMILES string of the molecule is CN(CC(=O)NC(C)(C)C)C(=O)c1cc(Cl)c(N)c(Cl)c1. The largest absolute Gasteiger partial charge is 0.396 e. The Morgan fingerprint density at radius 1 is 1.24 bits per heavy atom. The van der Waals surface area contributed by atoms with Gasteiger partial charge in [0.25, 0.3) is 5.91 Å². The number of likely N-dealkylation sites (N-methyl/N-ethyl adjacent to an activating group) is 1. The normalized spacial score (nSPS) is 11.1. The van der Waals surface area contributed by atoms with E-state index in [0.717, 1.165) is 0 Å². The molecule has 0 unspecified atom stereocenters. The topological polar surface area (TPSA) is 75.4 Å². The van der Waals surface area contributed by atoms with E-state index >= 15 is 0 Å². The predicted molar refractivity (Wildman–Crippen MR) is 85.7 cm³/mol. The summed E-state index contributed by atoms with van der Waals surface area (Å²) in [4.78, 5) is 25.4. The molecule has 5 nitrogen and oxygen atoms in total. The average Bonchev–Trinajstić information content (AvgIpc) is 2.31. The number of anilines is 1. The lowest BCUT2D eigenvalue weighted by atomic mass is 10.1. The fraction of sp³-hybridized carbons (Fsp3) is 0.429. The maximum absolute atomic E-state index is 12.2. The molecule has 2 amide bonds. The van der Waals surface area contributed by atoms with Crippen molar-refractivity contribution in [1.82, 2.24) is 10.2 Å². The Morgan fingerprint density at radius 3 is 2.14 bits per heavy atom. The Hall–Kier alpha value is -1.46. The van der Waals surface area contributed by atoms with Gasteiger partial charge in [-0.1, -0.05) is 23.2 Å². The Bertz CT molecular complexity index is 545. The minimum Gasteiger partial charge on any atom is -0.396 e. The van der Waals surface area contributed by atoms with E-state index in [1.807, 2.05) is 20.8 Å². The standard InChI is InChI=1S/C14H19Cl2N3O2/c1-14(2,3)18-11(20)7-19(4)13(21)8-5-9(15)12(17)10(16)6-8/h5-6H,7,17H2,1-4H3,(H,18,20). The molecule has 0 saturated carbocycles. The molecule has 0 atom stereocenters. The van der Waals surface area contributed by atoms with Gasteiger partial charge in [0.15, 0.2) is 0 Å². The van der Waals surface area contributed by atoms with Crippen molar-refractivity contribution in [2.24, 2.45) is 0 Å². The lowest BCUT2D eigenvalue weighted by molar-refractivity contribution is -0.122. The number of hydrogen-bond donors (Lipinski definition) is 2. The molecule has 1 aromatic rings. The van der Waals surface area contributed by atoms with Gasteiger partial charge in [-0.3, -0.25) is 9.59 Å². The molecule has 0 spiro atoms. The van der Waals surface area contributed by atoms with Gasteiger partial charge in [0.05, 0.1) is 22.3 Å². The van der Waals surface area contributed by atoms with Crippen molar-refractivity contribution in [2.45, 2.75) is 26.3 Å². The monoisotopic (exact) mass is 331 g/mol. The van der Waals surface area contributed by atoms with E-state index in [4.69, 9.17) is 28.9 Å². The van der Waals surface area contributed by atoms with Crippen LogP contribution in [-0.4, -0.2) is 35.8 Å². The van der Waals surface area contributed by atoms with Crippen molar-refractivity contribution in [3.63, 3.8) is 0 Å². The second kappa shape index (κ2) is 6.54. The summed E-state index contributed by atoms with van der Waals surface area (Å²) in [6.07, 6.45) is 0. The minimum absolute atomic E-state index is 0.0598. The Kier molecular flexibility index (Phi) is 5.48. The molecule has 0 bridgehead atoms. The van der Waals surface area contributed by atoms with Crippen LogP contribution >= 0.6 is 23.2 Å². The van der Waals surface area contributed by atoms with Crippen LogP contribution in [0.15, 0.2) is 12.1 Å². The van der Waals surface area contributed by atoms with Gasteiger partial charge in [0.1, 0.15) is 0 Å². The highest BCUT2D eigenvalue weighted by Gasteiger charge is 2.20. The second-order valence-electron chi connectivity index (χ2n) is 5.81. The smallest absolute Gasteiger partial charge is 0.254 e. The van der Waals surface area contributed by atoms with Crippen LogP contribution in [0.2, 0.25) is 10.0 Å². The lowest BCUT2D eigenvalue weighted by Crippen LogP contribution is -2.46. The number of carbonyl (C=O) groups excluding carboxylic acids is 2. The van der Waals surface area contributed by atoms with Crippen LogP contribution in [0.5, 0.6) is 0 Å². The zero-order valence-electron chi connectivity index (χ0n) is 12.5. The first-order chi connectivity index (χ1) is 9.51. The third-order valence-corrected chi connectivity index (χ3v) is 3.19. The molecule has 0 radical (unpaired) electrons. The third-order valence-electron chi connectivity index (χ3n) is 2.57. The molecule has 0 aromatic heterocycles.